The summed E-state index contributed by atoms with van der Waals surface area (Å²) in [5.74, 6) is 0.400. The quantitative estimate of drug-likeness (QED) is 0.630. The van der Waals surface area contributed by atoms with E-state index >= 15 is 0 Å². The van der Waals surface area contributed by atoms with Crippen LogP contribution < -0.4 is 0 Å². The van der Waals surface area contributed by atoms with Crippen LogP contribution in [0.5, 0.6) is 0 Å². The topological polar surface area (TPSA) is 9.23 Å². The van der Waals surface area contributed by atoms with Gasteiger partial charge in [0.1, 0.15) is 0 Å². The maximum atomic E-state index is 13.1. The van der Waals surface area contributed by atoms with Gasteiger partial charge in [0.25, 0.3) is 0 Å². The summed E-state index contributed by atoms with van der Waals surface area (Å²) in [5, 5.41) is 0. The minimum atomic E-state index is -4.28. The van der Waals surface area contributed by atoms with Gasteiger partial charge in [-0.15, -0.1) is 0 Å². The molecule has 1 unspecified atom stereocenters. The smallest absolute Gasteiger partial charge is 0.374 e. The molecule has 0 saturated carbocycles. The number of rotatable bonds is 6. The van der Waals surface area contributed by atoms with E-state index < -0.39 is 17.2 Å². The van der Waals surface area contributed by atoms with Gasteiger partial charge in [0.05, 0.1) is 17.6 Å². The lowest BCUT2D eigenvalue weighted by Crippen LogP contribution is -2.52. The first-order chi connectivity index (χ1) is 8.19. The number of hydrogen-bond donors (Lipinski definition) is 0. The minimum Gasteiger partial charge on any atom is -0.374 e. The zero-order valence-corrected chi connectivity index (χ0v) is 13.5. The van der Waals surface area contributed by atoms with E-state index in [9.17, 15) is 13.2 Å². The van der Waals surface area contributed by atoms with E-state index in [1.807, 2.05) is 13.8 Å². The Labute approximate surface area is 115 Å². The molecule has 1 nitrogen and oxygen atoms in total. The lowest BCUT2D eigenvalue weighted by atomic mass is 9.75. The molecule has 0 aromatic carbocycles. The van der Waals surface area contributed by atoms with Gasteiger partial charge in [-0.2, -0.15) is 13.2 Å². The van der Waals surface area contributed by atoms with E-state index in [1.165, 1.54) is 27.7 Å². The molecule has 0 amide bonds. The van der Waals surface area contributed by atoms with E-state index in [0.717, 1.165) is 6.42 Å². The Hall–Kier alpha value is -0.250. The van der Waals surface area contributed by atoms with E-state index in [0.29, 0.717) is 12.5 Å². The first kappa shape index (κ1) is 18.8. The SMILES string of the molecule is CCC(C)C(C)(C)COC(C)(C)C(C)(C)C(F)(F)F. The summed E-state index contributed by atoms with van der Waals surface area (Å²) in [6, 6.07) is 0. The summed E-state index contributed by atoms with van der Waals surface area (Å²) in [5.41, 5.74) is -3.27. The summed E-state index contributed by atoms with van der Waals surface area (Å²) < 4.78 is 45.0. The summed E-state index contributed by atoms with van der Waals surface area (Å²) >= 11 is 0. The highest BCUT2D eigenvalue weighted by atomic mass is 19.4. The Balaban J connectivity index is 4.90. The lowest BCUT2D eigenvalue weighted by Gasteiger charge is -2.44. The van der Waals surface area contributed by atoms with Crippen LogP contribution in [0.4, 0.5) is 13.2 Å². The van der Waals surface area contributed by atoms with Crippen LogP contribution in [0.1, 0.15) is 61.8 Å². The minimum absolute atomic E-state index is 0.131. The largest absolute Gasteiger partial charge is 0.396 e. The average Bonchev–Trinajstić information content (AvgIpc) is 2.23. The average molecular weight is 282 g/mol. The second-order valence-electron chi connectivity index (χ2n) is 7.22. The molecule has 0 aromatic heterocycles. The molecule has 0 fully saturated rings. The maximum Gasteiger partial charge on any atom is 0.396 e. The monoisotopic (exact) mass is 282 g/mol. The fourth-order valence-electron chi connectivity index (χ4n) is 1.58. The summed E-state index contributed by atoms with van der Waals surface area (Å²) in [6.07, 6.45) is -3.30. The Morgan fingerprint density at radius 1 is 0.947 bits per heavy atom. The third-order valence-electron chi connectivity index (χ3n) is 4.97. The fraction of sp³-hybridized carbons (Fsp3) is 1.00. The number of halogens is 3. The second-order valence-corrected chi connectivity index (χ2v) is 7.22. The Bertz CT molecular complexity index is 290. The predicted molar refractivity (Wildman–Crippen MR) is 73.1 cm³/mol. The molecule has 0 N–H and O–H groups in total. The van der Waals surface area contributed by atoms with Gasteiger partial charge in [0.2, 0.25) is 0 Å². The van der Waals surface area contributed by atoms with Gasteiger partial charge in [-0.05, 0) is 39.0 Å². The van der Waals surface area contributed by atoms with Crippen molar-refractivity contribution in [2.75, 3.05) is 6.61 Å². The third-order valence-corrected chi connectivity index (χ3v) is 4.97. The molecule has 0 aliphatic carbocycles. The molecule has 116 valence electrons. The molecule has 0 rings (SSSR count). The standard InChI is InChI=1S/C15H29F3O/c1-9-11(2)12(3,4)10-19-14(7,8)13(5,6)15(16,17)18/h11H,9-10H2,1-8H3. The van der Waals surface area contributed by atoms with Crippen molar-refractivity contribution in [3.05, 3.63) is 0 Å². The Morgan fingerprint density at radius 3 is 1.68 bits per heavy atom. The first-order valence-electron chi connectivity index (χ1n) is 6.89. The molecule has 0 aliphatic rings. The summed E-state index contributed by atoms with van der Waals surface area (Å²) in [7, 11) is 0. The van der Waals surface area contributed by atoms with Crippen molar-refractivity contribution in [1.29, 1.82) is 0 Å². The van der Waals surface area contributed by atoms with Crippen molar-refractivity contribution >= 4 is 0 Å². The van der Waals surface area contributed by atoms with Gasteiger partial charge >= 0.3 is 6.18 Å². The van der Waals surface area contributed by atoms with Crippen LogP contribution in [0, 0.1) is 16.7 Å². The Morgan fingerprint density at radius 2 is 1.37 bits per heavy atom. The van der Waals surface area contributed by atoms with Crippen LogP contribution in [0.15, 0.2) is 0 Å². The molecule has 4 heteroatoms. The van der Waals surface area contributed by atoms with Crippen molar-refractivity contribution in [2.24, 2.45) is 16.7 Å². The molecular formula is C15H29F3O. The van der Waals surface area contributed by atoms with Gasteiger partial charge in [0, 0.05) is 0 Å². The first-order valence-corrected chi connectivity index (χ1v) is 6.89. The molecule has 0 aromatic rings. The maximum absolute atomic E-state index is 13.1. The Kier molecular flexibility index (Phi) is 5.55. The normalized spacial score (nSPS) is 16.6. The summed E-state index contributed by atoms with van der Waals surface area (Å²) in [4.78, 5) is 0. The highest BCUT2D eigenvalue weighted by Crippen LogP contribution is 2.48. The van der Waals surface area contributed by atoms with Crippen LogP contribution >= 0.6 is 0 Å². The highest BCUT2D eigenvalue weighted by Gasteiger charge is 2.57. The molecule has 0 aliphatic heterocycles. The zero-order valence-electron chi connectivity index (χ0n) is 13.5. The van der Waals surface area contributed by atoms with E-state index in [2.05, 4.69) is 13.8 Å². The van der Waals surface area contributed by atoms with E-state index in [1.54, 1.807) is 0 Å². The number of ether oxygens (including phenoxy) is 1. The molecule has 0 saturated heterocycles. The van der Waals surface area contributed by atoms with E-state index in [-0.39, 0.29) is 5.41 Å². The van der Waals surface area contributed by atoms with Crippen LogP contribution in [-0.4, -0.2) is 18.4 Å². The number of alkyl halides is 3. The second kappa shape index (κ2) is 5.63. The third kappa shape index (κ3) is 4.11. The van der Waals surface area contributed by atoms with Crippen LogP contribution in [0.25, 0.3) is 0 Å². The molecule has 1 atom stereocenters. The molecular weight excluding hydrogens is 253 g/mol. The lowest BCUT2D eigenvalue weighted by molar-refractivity contribution is -0.278. The highest BCUT2D eigenvalue weighted by molar-refractivity contribution is 4.94. The molecule has 0 bridgehead atoms. The van der Waals surface area contributed by atoms with Gasteiger partial charge < -0.3 is 4.74 Å². The predicted octanol–water partition coefficient (Wildman–Crippen LogP) is 5.44. The molecule has 0 radical (unpaired) electrons. The van der Waals surface area contributed by atoms with Crippen LogP contribution in [0.2, 0.25) is 0 Å². The van der Waals surface area contributed by atoms with Crippen molar-refractivity contribution < 1.29 is 17.9 Å². The van der Waals surface area contributed by atoms with Crippen molar-refractivity contribution in [2.45, 2.75) is 73.6 Å². The van der Waals surface area contributed by atoms with Crippen molar-refractivity contribution in [3.63, 3.8) is 0 Å². The van der Waals surface area contributed by atoms with Gasteiger partial charge in [0.15, 0.2) is 0 Å². The van der Waals surface area contributed by atoms with Crippen LogP contribution in [-0.2, 0) is 4.74 Å². The van der Waals surface area contributed by atoms with Crippen molar-refractivity contribution in [3.8, 4) is 0 Å². The fourth-order valence-corrected chi connectivity index (χ4v) is 1.58. The van der Waals surface area contributed by atoms with Gasteiger partial charge in [-0.3, -0.25) is 0 Å². The van der Waals surface area contributed by atoms with Gasteiger partial charge in [-0.1, -0.05) is 34.1 Å². The molecule has 0 heterocycles. The van der Waals surface area contributed by atoms with Crippen molar-refractivity contribution in [1.82, 2.24) is 0 Å². The molecule has 19 heavy (non-hydrogen) atoms. The number of hydrogen-bond acceptors (Lipinski definition) is 1. The van der Waals surface area contributed by atoms with Gasteiger partial charge in [-0.25, -0.2) is 0 Å². The summed E-state index contributed by atoms with van der Waals surface area (Å²) in [6.45, 7) is 14.0. The zero-order chi connectivity index (χ0) is 15.7. The van der Waals surface area contributed by atoms with E-state index in [4.69, 9.17) is 4.74 Å². The molecule has 0 spiro atoms. The van der Waals surface area contributed by atoms with Crippen LogP contribution in [0.3, 0.4) is 0 Å².